The van der Waals surface area contributed by atoms with Gasteiger partial charge >= 0.3 is 0 Å². The van der Waals surface area contributed by atoms with Crippen LogP contribution in [0.2, 0.25) is 0 Å². The van der Waals surface area contributed by atoms with Gasteiger partial charge in [0.2, 0.25) is 0 Å². The van der Waals surface area contributed by atoms with Crippen molar-refractivity contribution in [3.8, 4) is 0 Å². The molecule has 1 fully saturated rings. The van der Waals surface area contributed by atoms with Crippen molar-refractivity contribution in [2.75, 3.05) is 5.73 Å². The van der Waals surface area contributed by atoms with Crippen molar-refractivity contribution in [3.05, 3.63) is 29.3 Å². The molecule has 0 aliphatic heterocycles. The minimum atomic E-state index is -0.986. The molecule has 3 N–H and O–H groups in total. The molecule has 0 unspecified atom stereocenters. The van der Waals surface area contributed by atoms with E-state index in [0.29, 0.717) is 0 Å². The molecule has 1 aliphatic carbocycles. The van der Waals surface area contributed by atoms with Crippen molar-refractivity contribution in [2.45, 2.75) is 31.7 Å². The number of carbonyl (C=O) groups is 1. The summed E-state index contributed by atoms with van der Waals surface area (Å²) in [5.74, 6) is -2.59. The average molecular weight is 240 g/mol. The zero-order valence-corrected chi connectivity index (χ0v) is 9.30. The molecule has 1 saturated carbocycles. The molecule has 1 aromatic carbocycles. The molecule has 0 spiro atoms. The third-order valence-corrected chi connectivity index (χ3v) is 3.04. The Morgan fingerprint density at radius 1 is 1.29 bits per heavy atom. The van der Waals surface area contributed by atoms with Crippen molar-refractivity contribution in [3.63, 3.8) is 0 Å². The number of nitrogens with two attached hydrogens (primary N) is 1. The lowest BCUT2D eigenvalue weighted by Gasteiger charge is -2.13. The SMILES string of the molecule is Nc1ccc(F)c(C(=O)NC2CCCC2)c1F. The summed E-state index contributed by atoms with van der Waals surface area (Å²) in [5.41, 5.74) is 4.51. The van der Waals surface area contributed by atoms with Gasteiger partial charge in [0.05, 0.1) is 5.69 Å². The number of nitrogen functional groups attached to an aromatic ring is 1. The van der Waals surface area contributed by atoms with Crippen molar-refractivity contribution in [1.82, 2.24) is 5.32 Å². The Morgan fingerprint density at radius 3 is 2.59 bits per heavy atom. The van der Waals surface area contributed by atoms with Crippen LogP contribution >= 0.6 is 0 Å². The zero-order chi connectivity index (χ0) is 12.4. The van der Waals surface area contributed by atoms with Gasteiger partial charge in [-0.05, 0) is 25.0 Å². The van der Waals surface area contributed by atoms with E-state index >= 15 is 0 Å². The lowest BCUT2D eigenvalue weighted by atomic mass is 10.1. The van der Waals surface area contributed by atoms with Crippen LogP contribution in [-0.2, 0) is 0 Å². The van der Waals surface area contributed by atoms with Crippen LogP contribution in [0.3, 0.4) is 0 Å². The molecule has 0 bridgehead atoms. The molecule has 0 aromatic heterocycles. The third-order valence-electron chi connectivity index (χ3n) is 3.04. The largest absolute Gasteiger partial charge is 0.396 e. The molecule has 0 radical (unpaired) electrons. The van der Waals surface area contributed by atoms with Gasteiger partial charge in [0, 0.05) is 6.04 Å². The first-order valence-electron chi connectivity index (χ1n) is 5.64. The van der Waals surface area contributed by atoms with E-state index in [-0.39, 0.29) is 11.7 Å². The van der Waals surface area contributed by atoms with E-state index in [1.54, 1.807) is 0 Å². The van der Waals surface area contributed by atoms with Gasteiger partial charge in [-0.1, -0.05) is 12.8 Å². The standard InChI is InChI=1S/C12H14F2N2O/c13-8-5-6-9(15)11(14)10(8)12(17)16-7-3-1-2-4-7/h5-7H,1-4,15H2,(H,16,17). The molecule has 1 amide bonds. The Hall–Kier alpha value is -1.65. The summed E-state index contributed by atoms with van der Waals surface area (Å²) in [6, 6.07) is 2.13. The molecule has 1 aromatic rings. The topological polar surface area (TPSA) is 55.1 Å². The van der Waals surface area contributed by atoms with E-state index < -0.39 is 23.1 Å². The van der Waals surface area contributed by atoms with Crippen LogP contribution in [0, 0.1) is 11.6 Å². The second-order valence-electron chi connectivity index (χ2n) is 4.28. The van der Waals surface area contributed by atoms with E-state index in [4.69, 9.17) is 5.73 Å². The summed E-state index contributed by atoms with van der Waals surface area (Å²) >= 11 is 0. The van der Waals surface area contributed by atoms with Crippen LogP contribution in [0.15, 0.2) is 12.1 Å². The van der Waals surface area contributed by atoms with Crippen LogP contribution in [0.1, 0.15) is 36.0 Å². The Bertz CT molecular complexity index is 442. The Labute approximate surface area is 98.0 Å². The first kappa shape index (κ1) is 11.8. The predicted molar refractivity (Wildman–Crippen MR) is 60.5 cm³/mol. The van der Waals surface area contributed by atoms with Gasteiger partial charge in [0.25, 0.3) is 5.91 Å². The van der Waals surface area contributed by atoms with Crippen molar-refractivity contribution in [2.24, 2.45) is 0 Å². The summed E-state index contributed by atoms with van der Waals surface area (Å²) in [4.78, 5) is 11.7. The van der Waals surface area contributed by atoms with Crippen molar-refractivity contribution in [1.29, 1.82) is 0 Å². The molecule has 92 valence electrons. The molecule has 3 nitrogen and oxygen atoms in total. The van der Waals surface area contributed by atoms with Crippen LogP contribution in [-0.4, -0.2) is 11.9 Å². The number of halogens is 2. The maximum atomic E-state index is 13.6. The minimum Gasteiger partial charge on any atom is -0.396 e. The van der Waals surface area contributed by atoms with Gasteiger partial charge < -0.3 is 11.1 Å². The van der Waals surface area contributed by atoms with E-state index in [0.717, 1.165) is 37.8 Å². The molecule has 5 heteroatoms. The fourth-order valence-electron chi connectivity index (χ4n) is 2.10. The summed E-state index contributed by atoms with van der Waals surface area (Å²) < 4.78 is 27.0. The Morgan fingerprint density at radius 2 is 1.94 bits per heavy atom. The van der Waals surface area contributed by atoms with Crippen molar-refractivity contribution >= 4 is 11.6 Å². The number of amides is 1. The lowest BCUT2D eigenvalue weighted by molar-refractivity contribution is 0.0929. The van der Waals surface area contributed by atoms with Gasteiger partial charge in [-0.15, -0.1) is 0 Å². The maximum Gasteiger partial charge on any atom is 0.257 e. The second kappa shape index (κ2) is 4.69. The van der Waals surface area contributed by atoms with Crippen LogP contribution < -0.4 is 11.1 Å². The minimum absolute atomic E-state index is 0.0164. The van der Waals surface area contributed by atoms with Crippen molar-refractivity contribution < 1.29 is 13.6 Å². The highest BCUT2D eigenvalue weighted by Crippen LogP contribution is 2.21. The highest BCUT2D eigenvalue weighted by atomic mass is 19.1. The second-order valence-corrected chi connectivity index (χ2v) is 4.28. The number of benzene rings is 1. The van der Waals surface area contributed by atoms with E-state index in [9.17, 15) is 13.6 Å². The molecule has 0 saturated heterocycles. The van der Waals surface area contributed by atoms with Crippen LogP contribution in [0.5, 0.6) is 0 Å². The summed E-state index contributed by atoms with van der Waals surface area (Å²) in [6.07, 6.45) is 3.79. The third kappa shape index (κ3) is 2.38. The molecular formula is C12H14F2N2O. The van der Waals surface area contributed by atoms with E-state index in [1.165, 1.54) is 0 Å². The van der Waals surface area contributed by atoms with Gasteiger partial charge in [0.15, 0.2) is 5.82 Å². The van der Waals surface area contributed by atoms with Crippen LogP contribution in [0.4, 0.5) is 14.5 Å². The summed E-state index contributed by atoms with van der Waals surface area (Å²) in [5, 5.41) is 2.63. The summed E-state index contributed by atoms with van der Waals surface area (Å²) in [6.45, 7) is 0. The number of rotatable bonds is 2. The molecule has 0 atom stereocenters. The predicted octanol–water partition coefficient (Wildman–Crippen LogP) is 2.22. The van der Waals surface area contributed by atoms with Crippen LogP contribution in [0.25, 0.3) is 0 Å². The lowest BCUT2D eigenvalue weighted by Crippen LogP contribution is -2.34. The number of anilines is 1. The van der Waals surface area contributed by atoms with Gasteiger partial charge in [-0.25, -0.2) is 8.78 Å². The highest BCUT2D eigenvalue weighted by Gasteiger charge is 2.23. The quantitative estimate of drug-likeness (QED) is 0.779. The molecule has 0 heterocycles. The average Bonchev–Trinajstić information content (AvgIpc) is 2.77. The normalized spacial score (nSPS) is 16.1. The molecule has 17 heavy (non-hydrogen) atoms. The molecular weight excluding hydrogens is 226 g/mol. The van der Waals surface area contributed by atoms with Gasteiger partial charge in [-0.2, -0.15) is 0 Å². The van der Waals surface area contributed by atoms with Gasteiger partial charge in [-0.3, -0.25) is 4.79 Å². The molecule has 1 aliphatic rings. The zero-order valence-electron chi connectivity index (χ0n) is 9.30. The monoisotopic (exact) mass is 240 g/mol. The molecule has 2 rings (SSSR count). The maximum absolute atomic E-state index is 13.6. The first-order chi connectivity index (χ1) is 8.09. The van der Waals surface area contributed by atoms with E-state index in [1.807, 2.05) is 0 Å². The first-order valence-corrected chi connectivity index (χ1v) is 5.64. The highest BCUT2D eigenvalue weighted by molar-refractivity contribution is 5.95. The number of hydrogen-bond donors (Lipinski definition) is 2. The van der Waals surface area contributed by atoms with Gasteiger partial charge in [0.1, 0.15) is 11.4 Å². The number of hydrogen-bond acceptors (Lipinski definition) is 2. The smallest absolute Gasteiger partial charge is 0.257 e. The fourth-order valence-corrected chi connectivity index (χ4v) is 2.10. The number of nitrogens with one attached hydrogen (secondary N) is 1. The number of carbonyl (C=O) groups excluding carboxylic acids is 1. The Kier molecular flexibility index (Phi) is 3.26. The fraction of sp³-hybridized carbons (Fsp3) is 0.417. The summed E-state index contributed by atoms with van der Waals surface area (Å²) in [7, 11) is 0. The Balaban J connectivity index is 2.21. The van der Waals surface area contributed by atoms with E-state index in [2.05, 4.69) is 5.32 Å².